The number of thioether (sulfide) groups is 1. The summed E-state index contributed by atoms with van der Waals surface area (Å²) in [6.07, 6.45) is 5.65. The van der Waals surface area contributed by atoms with Crippen molar-refractivity contribution in [2.24, 2.45) is 5.73 Å². The van der Waals surface area contributed by atoms with Gasteiger partial charge < -0.3 is 24.7 Å². The van der Waals surface area contributed by atoms with Crippen molar-refractivity contribution in [2.45, 2.75) is 31.6 Å². The Kier molecular flexibility index (Phi) is 10.5. The Morgan fingerprint density at radius 2 is 1.67 bits per heavy atom. The summed E-state index contributed by atoms with van der Waals surface area (Å²) in [5.74, 6) is 2.00. The Balaban J connectivity index is 1.47. The molecular weight excluding hydrogens is 532 g/mol. The summed E-state index contributed by atoms with van der Waals surface area (Å²) < 4.78 is 23.0. The van der Waals surface area contributed by atoms with Crippen molar-refractivity contribution in [1.29, 1.82) is 0 Å². The Bertz CT molecular complexity index is 1380. The highest BCUT2D eigenvalue weighted by molar-refractivity contribution is 7.98. The predicted octanol–water partition coefficient (Wildman–Crippen LogP) is 7.07. The lowest BCUT2D eigenvalue weighted by Gasteiger charge is -2.16. The summed E-state index contributed by atoms with van der Waals surface area (Å²) in [4.78, 5) is 5.36. The first-order chi connectivity index (χ1) is 19.0. The third-order valence-corrected chi connectivity index (χ3v) is 7.28. The zero-order valence-electron chi connectivity index (χ0n) is 22.4. The molecule has 0 spiro atoms. The van der Waals surface area contributed by atoms with Crippen LogP contribution in [0.4, 0.5) is 0 Å². The third-order valence-electron chi connectivity index (χ3n) is 6.29. The van der Waals surface area contributed by atoms with Crippen molar-refractivity contribution in [3.05, 3.63) is 100 Å². The normalized spacial score (nSPS) is 10.9. The Morgan fingerprint density at radius 1 is 0.872 bits per heavy atom. The molecule has 0 saturated carbocycles. The highest BCUT2D eigenvalue weighted by Gasteiger charge is 2.13. The number of hydrogen-bond acceptors (Lipinski definition) is 7. The maximum absolute atomic E-state index is 6.56. The standard InChI is InChI=1S/C31H33ClN2O4S/c1-21-24(5-4-6-28(21)23-7-9-26(10-8-23)36-12-11-35-2)20-38-31-15-30(25(16-33)14-29(31)32)37-19-22-13-27(39-3)18-34-17-22/h4-10,13-15,17-18H,11-12,16,19-20,33H2,1-3H3. The molecule has 0 saturated heterocycles. The topological polar surface area (TPSA) is 75.8 Å². The van der Waals surface area contributed by atoms with E-state index in [4.69, 9.17) is 36.3 Å². The van der Waals surface area contributed by atoms with Crippen LogP contribution in [0.1, 0.15) is 22.3 Å². The Labute approximate surface area is 239 Å². The number of methoxy groups -OCH3 is 1. The summed E-state index contributed by atoms with van der Waals surface area (Å²) in [7, 11) is 1.66. The summed E-state index contributed by atoms with van der Waals surface area (Å²) in [5.41, 5.74) is 12.2. The van der Waals surface area contributed by atoms with Crippen LogP contribution in [0.25, 0.3) is 11.1 Å². The van der Waals surface area contributed by atoms with E-state index in [1.165, 1.54) is 0 Å². The van der Waals surface area contributed by atoms with Gasteiger partial charge in [0.05, 0.1) is 11.6 Å². The second kappa shape index (κ2) is 14.2. The molecule has 0 fully saturated rings. The fraction of sp³-hybridized carbons (Fsp3) is 0.258. The molecule has 0 bridgehead atoms. The number of ether oxygens (including phenoxy) is 4. The lowest BCUT2D eigenvalue weighted by atomic mass is 9.97. The van der Waals surface area contributed by atoms with E-state index < -0.39 is 0 Å². The van der Waals surface area contributed by atoms with E-state index in [2.05, 4.69) is 42.2 Å². The molecule has 0 aliphatic carbocycles. The van der Waals surface area contributed by atoms with Gasteiger partial charge in [-0.05, 0) is 59.7 Å². The average Bonchev–Trinajstić information content (AvgIpc) is 2.97. The maximum atomic E-state index is 6.56. The summed E-state index contributed by atoms with van der Waals surface area (Å²) >= 11 is 8.20. The molecule has 4 rings (SSSR count). The van der Waals surface area contributed by atoms with Crippen LogP contribution < -0.4 is 19.9 Å². The van der Waals surface area contributed by atoms with Crippen LogP contribution in [-0.4, -0.2) is 31.6 Å². The fourth-order valence-corrected chi connectivity index (χ4v) is 4.75. The zero-order valence-corrected chi connectivity index (χ0v) is 24.0. The van der Waals surface area contributed by atoms with E-state index in [1.54, 1.807) is 25.1 Å². The van der Waals surface area contributed by atoms with Gasteiger partial charge in [0.1, 0.15) is 37.1 Å². The van der Waals surface area contributed by atoms with Crippen LogP contribution in [0.5, 0.6) is 17.2 Å². The molecule has 2 N–H and O–H groups in total. The molecule has 4 aromatic rings. The van der Waals surface area contributed by atoms with Gasteiger partial charge in [-0.3, -0.25) is 4.98 Å². The highest BCUT2D eigenvalue weighted by Crippen LogP contribution is 2.35. The smallest absolute Gasteiger partial charge is 0.142 e. The van der Waals surface area contributed by atoms with Crippen molar-refractivity contribution >= 4 is 23.4 Å². The molecule has 0 aliphatic rings. The molecule has 8 heteroatoms. The minimum absolute atomic E-state index is 0.301. The van der Waals surface area contributed by atoms with Gasteiger partial charge in [0.2, 0.25) is 0 Å². The van der Waals surface area contributed by atoms with Crippen molar-refractivity contribution in [3.8, 4) is 28.4 Å². The summed E-state index contributed by atoms with van der Waals surface area (Å²) in [6, 6.07) is 20.0. The van der Waals surface area contributed by atoms with E-state index in [9.17, 15) is 0 Å². The average molecular weight is 565 g/mol. The number of rotatable bonds is 13. The van der Waals surface area contributed by atoms with Crippen LogP contribution in [0.3, 0.4) is 0 Å². The molecular formula is C31H33ClN2O4S. The lowest BCUT2D eigenvalue weighted by molar-refractivity contribution is 0.146. The van der Waals surface area contributed by atoms with Gasteiger partial charge in [-0.25, -0.2) is 0 Å². The van der Waals surface area contributed by atoms with Gasteiger partial charge in [0.15, 0.2) is 0 Å². The van der Waals surface area contributed by atoms with Gasteiger partial charge >= 0.3 is 0 Å². The van der Waals surface area contributed by atoms with Crippen LogP contribution in [-0.2, 0) is 24.5 Å². The lowest BCUT2D eigenvalue weighted by Crippen LogP contribution is -2.05. The van der Waals surface area contributed by atoms with Gasteiger partial charge in [-0.15, -0.1) is 11.8 Å². The van der Waals surface area contributed by atoms with Gasteiger partial charge in [-0.1, -0.05) is 41.9 Å². The van der Waals surface area contributed by atoms with Crippen molar-refractivity contribution < 1.29 is 18.9 Å². The van der Waals surface area contributed by atoms with E-state index in [-0.39, 0.29) is 0 Å². The van der Waals surface area contributed by atoms with Crippen molar-refractivity contribution in [2.75, 3.05) is 26.6 Å². The van der Waals surface area contributed by atoms with E-state index in [0.29, 0.717) is 49.5 Å². The number of halogens is 1. The monoisotopic (exact) mass is 564 g/mol. The molecule has 0 radical (unpaired) electrons. The fourth-order valence-electron chi connectivity index (χ4n) is 4.08. The van der Waals surface area contributed by atoms with E-state index in [1.807, 2.05) is 42.8 Å². The van der Waals surface area contributed by atoms with Crippen LogP contribution in [0.2, 0.25) is 5.02 Å². The summed E-state index contributed by atoms with van der Waals surface area (Å²) in [5, 5.41) is 0.492. The molecule has 1 aromatic heterocycles. The molecule has 204 valence electrons. The highest BCUT2D eigenvalue weighted by atomic mass is 35.5. The zero-order chi connectivity index (χ0) is 27.6. The number of aromatic nitrogens is 1. The molecule has 0 atom stereocenters. The SMILES string of the molecule is COCCOc1ccc(-c2cccc(COc3cc(OCc4cncc(SC)c4)c(CN)cc3Cl)c2C)cc1. The van der Waals surface area contributed by atoms with E-state index in [0.717, 1.165) is 44.0 Å². The minimum atomic E-state index is 0.301. The first-order valence-electron chi connectivity index (χ1n) is 12.6. The van der Waals surface area contributed by atoms with Crippen molar-refractivity contribution in [3.63, 3.8) is 0 Å². The molecule has 6 nitrogen and oxygen atoms in total. The molecule has 1 heterocycles. The molecule has 3 aromatic carbocycles. The second-order valence-corrected chi connectivity index (χ2v) is 10.1. The first kappa shape index (κ1) is 28.8. The quantitative estimate of drug-likeness (QED) is 0.137. The van der Waals surface area contributed by atoms with Gasteiger partial charge in [0.25, 0.3) is 0 Å². The molecule has 0 unspecified atom stereocenters. The van der Waals surface area contributed by atoms with Crippen LogP contribution in [0.15, 0.2) is 78.0 Å². The minimum Gasteiger partial charge on any atom is -0.491 e. The third kappa shape index (κ3) is 7.67. The number of nitrogens with zero attached hydrogens (tertiary/aromatic N) is 1. The number of pyridine rings is 1. The molecule has 0 aliphatic heterocycles. The van der Waals surface area contributed by atoms with E-state index >= 15 is 0 Å². The number of nitrogens with two attached hydrogens (primary N) is 1. The second-order valence-electron chi connectivity index (χ2n) is 8.86. The van der Waals surface area contributed by atoms with Crippen LogP contribution in [0, 0.1) is 6.92 Å². The number of benzene rings is 3. The van der Waals surface area contributed by atoms with Gasteiger partial charge in [0, 0.05) is 48.1 Å². The number of hydrogen-bond donors (Lipinski definition) is 1. The van der Waals surface area contributed by atoms with Gasteiger partial charge in [-0.2, -0.15) is 0 Å². The maximum Gasteiger partial charge on any atom is 0.142 e. The Morgan fingerprint density at radius 3 is 2.41 bits per heavy atom. The van der Waals surface area contributed by atoms with Crippen LogP contribution >= 0.6 is 23.4 Å². The summed E-state index contributed by atoms with van der Waals surface area (Å²) in [6.45, 7) is 4.20. The van der Waals surface area contributed by atoms with Crippen molar-refractivity contribution in [1.82, 2.24) is 4.98 Å². The first-order valence-corrected chi connectivity index (χ1v) is 14.2. The largest absolute Gasteiger partial charge is 0.491 e. The molecule has 0 amide bonds. The predicted molar refractivity (Wildman–Crippen MR) is 158 cm³/mol. The Hall–Kier alpha value is -3.23. The molecule has 39 heavy (non-hydrogen) atoms.